The fraction of sp³-hybridized carbons (Fsp3) is 0.273. The van der Waals surface area contributed by atoms with E-state index in [-0.39, 0.29) is 0 Å². The molecule has 0 amide bonds. The third-order valence-electron chi connectivity index (χ3n) is 2.50. The SMILES string of the molecule is Cc1nccn1CCS(=O)c1ccncc1N. The topological polar surface area (TPSA) is 73.8 Å². The molecule has 0 spiro atoms. The molecule has 1 atom stereocenters. The van der Waals surface area contributed by atoms with E-state index >= 15 is 0 Å². The van der Waals surface area contributed by atoms with Crippen LogP contribution in [0.4, 0.5) is 5.69 Å². The number of aryl methyl sites for hydroxylation is 2. The molecule has 0 saturated carbocycles. The molecule has 2 heterocycles. The first-order valence-electron chi connectivity index (χ1n) is 5.24. The summed E-state index contributed by atoms with van der Waals surface area (Å²) in [5.74, 6) is 1.44. The maximum atomic E-state index is 12.0. The van der Waals surface area contributed by atoms with Crippen LogP contribution < -0.4 is 5.73 Å². The Kier molecular flexibility index (Phi) is 3.53. The number of hydrogen-bond donors (Lipinski definition) is 1. The zero-order valence-electron chi connectivity index (χ0n) is 9.54. The second kappa shape index (κ2) is 5.09. The summed E-state index contributed by atoms with van der Waals surface area (Å²) in [5, 5.41) is 0. The predicted octanol–water partition coefficient (Wildman–Crippen LogP) is 0.977. The highest BCUT2D eigenvalue weighted by Crippen LogP contribution is 2.14. The second-order valence-corrected chi connectivity index (χ2v) is 5.17. The molecule has 0 radical (unpaired) electrons. The summed E-state index contributed by atoms with van der Waals surface area (Å²) < 4.78 is 14.0. The summed E-state index contributed by atoms with van der Waals surface area (Å²) in [6.45, 7) is 2.59. The number of pyridine rings is 1. The minimum Gasteiger partial charge on any atom is -0.396 e. The van der Waals surface area contributed by atoms with E-state index in [2.05, 4.69) is 9.97 Å². The molecule has 0 aliphatic rings. The maximum absolute atomic E-state index is 12.0. The first kappa shape index (κ1) is 11.8. The van der Waals surface area contributed by atoms with Crippen molar-refractivity contribution in [3.63, 3.8) is 0 Å². The van der Waals surface area contributed by atoms with Crippen LogP contribution in [0.15, 0.2) is 35.7 Å². The summed E-state index contributed by atoms with van der Waals surface area (Å²) in [7, 11) is -1.10. The number of hydrogen-bond acceptors (Lipinski definition) is 4. The van der Waals surface area contributed by atoms with Crippen LogP contribution >= 0.6 is 0 Å². The molecular weight excluding hydrogens is 236 g/mol. The zero-order valence-corrected chi connectivity index (χ0v) is 10.4. The molecule has 0 aromatic carbocycles. The van der Waals surface area contributed by atoms with E-state index in [0.29, 0.717) is 22.9 Å². The first-order chi connectivity index (χ1) is 8.18. The summed E-state index contributed by atoms with van der Waals surface area (Å²) >= 11 is 0. The summed E-state index contributed by atoms with van der Waals surface area (Å²) in [6.07, 6.45) is 6.74. The van der Waals surface area contributed by atoms with Crippen molar-refractivity contribution in [1.82, 2.24) is 14.5 Å². The fourth-order valence-corrected chi connectivity index (χ4v) is 2.64. The lowest BCUT2D eigenvalue weighted by atomic mass is 10.4. The van der Waals surface area contributed by atoms with Crippen LogP contribution in [-0.2, 0) is 17.3 Å². The quantitative estimate of drug-likeness (QED) is 0.877. The molecule has 5 nitrogen and oxygen atoms in total. The Morgan fingerprint density at radius 2 is 2.29 bits per heavy atom. The van der Waals surface area contributed by atoms with Gasteiger partial charge in [0.2, 0.25) is 0 Å². The van der Waals surface area contributed by atoms with Crippen LogP contribution in [0.3, 0.4) is 0 Å². The normalized spacial score (nSPS) is 12.5. The Balaban J connectivity index is 2.04. The summed E-state index contributed by atoms with van der Waals surface area (Å²) in [4.78, 5) is 8.64. The number of nitrogens with two attached hydrogens (primary N) is 1. The molecule has 17 heavy (non-hydrogen) atoms. The maximum Gasteiger partial charge on any atom is 0.105 e. The fourth-order valence-electron chi connectivity index (χ4n) is 1.53. The van der Waals surface area contributed by atoms with Gasteiger partial charge in [0, 0.05) is 30.9 Å². The molecular formula is C11H14N4OS. The van der Waals surface area contributed by atoms with Crippen molar-refractivity contribution in [2.24, 2.45) is 0 Å². The third-order valence-corrected chi connectivity index (χ3v) is 3.91. The van der Waals surface area contributed by atoms with Gasteiger partial charge in [-0.3, -0.25) is 9.19 Å². The smallest absolute Gasteiger partial charge is 0.105 e. The molecule has 0 aliphatic carbocycles. The van der Waals surface area contributed by atoms with Gasteiger partial charge in [0.15, 0.2) is 0 Å². The highest BCUT2D eigenvalue weighted by molar-refractivity contribution is 7.85. The molecule has 0 bridgehead atoms. The van der Waals surface area contributed by atoms with Crippen LogP contribution in [0.5, 0.6) is 0 Å². The molecule has 0 aliphatic heterocycles. The van der Waals surface area contributed by atoms with E-state index in [9.17, 15) is 4.21 Å². The van der Waals surface area contributed by atoms with Crippen LogP contribution in [-0.4, -0.2) is 24.5 Å². The van der Waals surface area contributed by atoms with Crippen LogP contribution in [0, 0.1) is 6.92 Å². The van der Waals surface area contributed by atoms with E-state index in [1.165, 1.54) is 6.20 Å². The lowest BCUT2D eigenvalue weighted by molar-refractivity contribution is 0.670. The van der Waals surface area contributed by atoms with Gasteiger partial charge >= 0.3 is 0 Å². The lowest BCUT2D eigenvalue weighted by Gasteiger charge is -2.06. The highest BCUT2D eigenvalue weighted by Gasteiger charge is 2.08. The van der Waals surface area contributed by atoms with E-state index in [4.69, 9.17) is 5.73 Å². The zero-order chi connectivity index (χ0) is 12.3. The van der Waals surface area contributed by atoms with Crippen molar-refractivity contribution in [3.8, 4) is 0 Å². The Hall–Kier alpha value is -1.69. The van der Waals surface area contributed by atoms with Gasteiger partial charge in [-0.1, -0.05) is 0 Å². The van der Waals surface area contributed by atoms with Crippen molar-refractivity contribution in [1.29, 1.82) is 0 Å². The molecule has 2 N–H and O–H groups in total. The Labute approximate surface area is 102 Å². The van der Waals surface area contributed by atoms with Gasteiger partial charge in [0.1, 0.15) is 5.82 Å². The first-order valence-corrected chi connectivity index (χ1v) is 6.56. The van der Waals surface area contributed by atoms with E-state index in [0.717, 1.165) is 5.82 Å². The van der Waals surface area contributed by atoms with Crippen LogP contribution in [0.25, 0.3) is 0 Å². The monoisotopic (exact) mass is 250 g/mol. The van der Waals surface area contributed by atoms with Gasteiger partial charge in [-0.25, -0.2) is 4.98 Å². The molecule has 2 rings (SSSR count). The van der Waals surface area contributed by atoms with Crippen molar-refractivity contribution in [2.45, 2.75) is 18.4 Å². The van der Waals surface area contributed by atoms with Gasteiger partial charge in [0.25, 0.3) is 0 Å². The van der Waals surface area contributed by atoms with E-state index in [1.54, 1.807) is 18.5 Å². The number of rotatable bonds is 4. The van der Waals surface area contributed by atoms with Crippen molar-refractivity contribution < 1.29 is 4.21 Å². The molecule has 6 heteroatoms. The van der Waals surface area contributed by atoms with Crippen molar-refractivity contribution in [3.05, 3.63) is 36.7 Å². The largest absolute Gasteiger partial charge is 0.396 e. The lowest BCUT2D eigenvalue weighted by Crippen LogP contribution is -2.10. The van der Waals surface area contributed by atoms with Crippen LogP contribution in [0.2, 0.25) is 0 Å². The Bertz CT molecular complexity index is 538. The Morgan fingerprint density at radius 1 is 1.47 bits per heavy atom. The minimum absolute atomic E-state index is 0.480. The number of nitrogen functional groups attached to an aromatic ring is 1. The molecule has 90 valence electrons. The average Bonchev–Trinajstić information content (AvgIpc) is 2.72. The summed E-state index contributed by atoms with van der Waals surface area (Å²) in [6, 6.07) is 1.70. The van der Waals surface area contributed by atoms with Gasteiger partial charge in [-0.05, 0) is 13.0 Å². The minimum atomic E-state index is -1.10. The van der Waals surface area contributed by atoms with E-state index < -0.39 is 10.8 Å². The van der Waals surface area contributed by atoms with Gasteiger partial charge in [-0.2, -0.15) is 0 Å². The molecule has 0 saturated heterocycles. The van der Waals surface area contributed by atoms with Crippen LogP contribution in [0.1, 0.15) is 5.82 Å². The molecule has 0 fully saturated rings. The molecule has 2 aromatic rings. The number of nitrogens with zero attached hydrogens (tertiary/aromatic N) is 3. The summed E-state index contributed by atoms with van der Waals surface area (Å²) in [5.41, 5.74) is 6.21. The van der Waals surface area contributed by atoms with E-state index in [1.807, 2.05) is 17.7 Å². The standard InChI is InChI=1S/C11H14N4OS/c1-9-14-4-5-15(9)6-7-17(16)11-2-3-13-8-10(11)12/h2-5,8H,6-7,12H2,1H3. The van der Waals surface area contributed by atoms with Gasteiger partial charge in [0.05, 0.1) is 27.6 Å². The van der Waals surface area contributed by atoms with Crippen molar-refractivity contribution in [2.75, 3.05) is 11.5 Å². The predicted molar refractivity (Wildman–Crippen MR) is 66.9 cm³/mol. The Morgan fingerprint density at radius 3 is 2.94 bits per heavy atom. The van der Waals surface area contributed by atoms with Gasteiger partial charge < -0.3 is 10.3 Å². The number of anilines is 1. The molecule has 1 unspecified atom stereocenters. The number of imidazole rings is 1. The van der Waals surface area contributed by atoms with Gasteiger partial charge in [-0.15, -0.1) is 0 Å². The average molecular weight is 250 g/mol. The highest BCUT2D eigenvalue weighted by atomic mass is 32.2. The van der Waals surface area contributed by atoms with Crippen molar-refractivity contribution >= 4 is 16.5 Å². The second-order valence-electron chi connectivity index (χ2n) is 3.63. The third kappa shape index (κ3) is 2.71. The number of aromatic nitrogens is 3. The molecule has 2 aromatic heterocycles.